The normalized spacial score (nSPS) is 10.6. The van der Waals surface area contributed by atoms with E-state index in [9.17, 15) is 10.1 Å². The third kappa shape index (κ3) is 2.88. The van der Waals surface area contributed by atoms with Gasteiger partial charge in [-0.1, -0.05) is 72.8 Å². The van der Waals surface area contributed by atoms with Crippen molar-refractivity contribution in [2.75, 3.05) is 0 Å². The van der Waals surface area contributed by atoms with Crippen molar-refractivity contribution in [2.24, 2.45) is 0 Å². The Morgan fingerprint density at radius 3 is 1.68 bits per heavy atom. The maximum Gasteiger partial charge on any atom is 0.269 e. The first-order chi connectivity index (χ1) is 10.8. The van der Waals surface area contributed by atoms with Gasteiger partial charge in [-0.05, 0) is 16.7 Å². The summed E-state index contributed by atoms with van der Waals surface area (Å²) in [6, 6.07) is 27.0. The van der Waals surface area contributed by atoms with E-state index in [1.807, 2.05) is 42.5 Å². The molecule has 0 aliphatic heterocycles. The second-order valence-corrected chi connectivity index (χ2v) is 5.11. The highest BCUT2D eigenvalue weighted by Gasteiger charge is 2.18. The minimum absolute atomic E-state index is 0.0118. The van der Waals surface area contributed by atoms with Crippen LogP contribution in [-0.4, -0.2) is 4.92 Å². The second kappa shape index (κ2) is 6.22. The Morgan fingerprint density at radius 2 is 1.18 bits per heavy atom. The molecule has 3 rings (SSSR count). The standard InChI is InChI=1S/C19H15NO2/c21-20(22)18-13-7-12-17(14-18)19(15-8-3-1-4-9-15)16-10-5-2-6-11-16/h1-14,19H. The van der Waals surface area contributed by atoms with Crippen LogP contribution < -0.4 is 0 Å². The van der Waals surface area contributed by atoms with Crippen molar-refractivity contribution < 1.29 is 4.92 Å². The number of nitro groups is 1. The first-order valence-electron chi connectivity index (χ1n) is 7.10. The van der Waals surface area contributed by atoms with Crippen molar-refractivity contribution in [3.05, 3.63) is 112 Å². The second-order valence-electron chi connectivity index (χ2n) is 5.11. The van der Waals surface area contributed by atoms with E-state index in [0.29, 0.717) is 0 Å². The Hall–Kier alpha value is -2.94. The Bertz CT molecular complexity index is 730. The third-order valence-corrected chi connectivity index (χ3v) is 3.68. The molecule has 0 aliphatic carbocycles. The summed E-state index contributed by atoms with van der Waals surface area (Å²) in [4.78, 5) is 10.7. The predicted molar refractivity (Wildman–Crippen MR) is 86.9 cm³/mol. The van der Waals surface area contributed by atoms with Crippen molar-refractivity contribution >= 4 is 5.69 Å². The fourth-order valence-corrected chi connectivity index (χ4v) is 2.69. The molecule has 0 saturated carbocycles. The lowest BCUT2D eigenvalue weighted by molar-refractivity contribution is -0.384. The maximum atomic E-state index is 11.1. The lowest BCUT2D eigenvalue weighted by atomic mass is 9.85. The molecule has 0 unspecified atom stereocenters. The molecular formula is C19H15NO2. The number of hydrogen-bond acceptors (Lipinski definition) is 2. The summed E-state index contributed by atoms with van der Waals surface area (Å²) in [5.41, 5.74) is 3.28. The Balaban J connectivity index is 2.14. The number of non-ortho nitro benzene ring substituents is 1. The van der Waals surface area contributed by atoms with Gasteiger partial charge < -0.3 is 0 Å². The van der Waals surface area contributed by atoms with Crippen molar-refractivity contribution in [1.29, 1.82) is 0 Å². The van der Waals surface area contributed by atoms with Gasteiger partial charge in [0.05, 0.1) is 4.92 Å². The Labute approximate surface area is 129 Å². The maximum absolute atomic E-state index is 11.1. The monoisotopic (exact) mass is 289 g/mol. The predicted octanol–water partition coefficient (Wildman–Crippen LogP) is 4.78. The van der Waals surface area contributed by atoms with Gasteiger partial charge in [-0.3, -0.25) is 10.1 Å². The van der Waals surface area contributed by atoms with Gasteiger partial charge in [0, 0.05) is 18.1 Å². The molecule has 3 aromatic carbocycles. The lowest BCUT2D eigenvalue weighted by Gasteiger charge is -2.18. The van der Waals surface area contributed by atoms with Gasteiger partial charge in [-0.2, -0.15) is 0 Å². The number of rotatable bonds is 4. The van der Waals surface area contributed by atoms with Crippen LogP contribution in [-0.2, 0) is 0 Å². The summed E-state index contributed by atoms with van der Waals surface area (Å²) < 4.78 is 0. The summed E-state index contributed by atoms with van der Waals surface area (Å²) in [5, 5.41) is 11.1. The third-order valence-electron chi connectivity index (χ3n) is 3.68. The van der Waals surface area contributed by atoms with Crippen LogP contribution in [0.15, 0.2) is 84.9 Å². The molecule has 3 nitrogen and oxygen atoms in total. The molecule has 3 aromatic rings. The van der Waals surface area contributed by atoms with Crippen molar-refractivity contribution in [3.63, 3.8) is 0 Å². The Kier molecular flexibility index (Phi) is 3.97. The van der Waals surface area contributed by atoms with Gasteiger partial charge in [0.2, 0.25) is 0 Å². The van der Waals surface area contributed by atoms with Crippen LogP contribution >= 0.6 is 0 Å². The van der Waals surface area contributed by atoms with E-state index in [2.05, 4.69) is 24.3 Å². The number of nitrogens with zero attached hydrogens (tertiary/aromatic N) is 1. The van der Waals surface area contributed by atoms with Gasteiger partial charge in [-0.15, -0.1) is 0 Å². The molecule has 0 amide bonds. The summed E-state index contributed by atoms with van der Waals surface area (Å²) in [5.74, 6) is -0.0118. The zero-order valence-corrected chi connectivity index (χ0v) is 11.9. The molecule has 0 aliphatic rings. The quantitative estimate of drug-likeness (QED) is 0.394. The first-order valence-corrected chi connectivity index (χ1v) is 7.10. The fourth-order valence-electron chi connectivity index (χ4n) is 2.69. The zero-order valence-electron chi connectivity index (χ0n) is 11.9. The summed E-state index contributed by atoms with van der Waals surface area (Å²) >= 11 is 0. The summed E-state index contributed by atoms with van der Waals surface area (Å²) in [6.45, 7) is 0. The molecule has 0 radical (unpaired) electrons. The molecule has 0 bridgehead atoms. The van der Waals surface area contributed by atoms with Crippen LogP contribution in [0, 0.1) is 10.1 Å². The van der Waals surface area contributed by atoms with E-state index in [4.69, 9.17) is 0 Å². The molecular weight excluding hydrogens is 274 g/mol. The van der Waals surface area contributed by atoms with Gasteiger partial charge in [-0.25, -0.2) is 0 Å². The molecule has 0 fully saturated rings. The molecule has 0 aromatic heterocycles. The van der Waals surface area contributed by atoms with Crippen molar-refractivity contribution in [3.8, 4) is 0 Å². The van der Waals surface area contributed by atoms with Crippen LogP contribution in [0.4, 0.5) is 5.69 Å². The van der Waals surface area contributed by atoms with Gasteiger partial charge >= 0.3 is 0 Å². The fraction of sp³-hybridized carbons (Fsp3) is 0.0526. The molecule has 108 valence electrons. The average Bonchev–Trinajstić information content (AvgIpc) is 2.57. The smallest absolute Gasteiger partial charge is 0.258 e. The molecule has 0 heterocycles. The molecule has 3 heteroatoms. The van der Waals surface area contributed by atoms with Crippen molar-refractivity contribution in [1.82, 2.24) is 0 Å². The molecule has 22 heavy (non-hydrogen) atoms. The van der Waals surface area contributed by atoms with Crippen LogP contribution in [0.1, 0.15) is 22.6 Å². The molecule has 0 spiro atoms. The molecule has 0 saturated heterocycles. The highest BCUT2D eigenvalue weighted by molar-refractivity contribution is 5.46. The largest absolute Gasteiger partial charge is 0.269 e. The van der Waals surface area contributed by atoms with E-state index in [-0.39, 0.29) is 16.5 Å². The van der Waals surface area contributed by atoms with Crippen LogP contribution in [0.3, 0.4) is 0 Å². The van der Waals surface area contributed by atoms with Crippen molar-refractivity contribution in [2.45, 2.75) is 5.92 Å². The van der Waals surface area contributed by atoms with E-state index < -0.39 is 0 Å². The van der Waals surface area contributed by atoms with E-state index in [1.165, 1.54) is 6.07 Å². The van der Waals surface area contributed by atoms with E-state index >= 15 is 0 Å². The highest BCUT2D eigenvalue weighted by atomic mass is 16.6. The van der Waals surface area contributed by atoms with Crippen LogP contribution in [0.2, 0.25) is 0 Å². The van der Waals surface area contributed by atoms with E-state index in [0.717, 1.165) is 16.7 Å². The minimum Gasteiger partial charge on any atom is -0.258 e. The summed E-state index contributed by atoms with van der Waals surface area (Å²) in [6.07, 6.45) is 0. The average molecular weight is 289 g/mol. The summed E-state index contributed by atoms with van der Waals surface area (Å²) in [7, 11) is 0. The topological polar surface area (TPSA) is 43.1 Å². The molecule has 0 atom stereocenters. The van der Waals surface area contributed by atoms with Gasteiger partial charge in [0.1, 0.15) is 0 Å². The van der Waals surface area contributed by atoms with Gasteiger partial charge in [0.15, 0.2) is 0 Å². The van der Waals surface area contributed by atoms with E-state index in [1.54, 1.807) is 12.1 Å². The van der Waals surface area contributed by atoms with Gasteiger partial charge in [0.25, 0.3) is 5.69 Å². The number of hydrogen-bond donors (Lipinski definition) is 0. The SMILES string of the molecule is O=[N+]([O-])c1cccc(C(c2ccccc2)c2ccccc2)c1. The zero-order chi connectivity index (χ0) is 15.4. The minimum atomic E-state index is -0.351. The number of nitro benzene ring substituents is 1. The first kappa shape index (κ1) is 14.0. The number of benzene rings is 3. The highest BCUT2D eigenvalue weighted by Crippen LogP contribution is 2.33. The van der Waals surface area contributed by atoms with Crippen LogP contribution in [0.5, 0.6) is 0 Å². The molecule has 0 N–H and O–H groups in total. The Morgan fingerprint density at radius 1 is 0.682 bits per heavy atom. The van der Waals surface area contributed by atoms with Crippen LogP contribution in [0.25, 0.3) is 0 Å². The lowest BCUT2D eigenvalue weighted by Crippen LogP contribution is -2.03.